The van der Waals surface area contributed by atoms with Gasteiger partial charge < -0.3 is 11.1 Å². The highest BCUT2D eigenvalue weighted by atomic mass is 35.5. The molecular formula is C14H20ClFN2. The zero-order valence-corrected chi connectivity index (χ0v) is 11.6. The molecule has 1 aromatic rings. The largest absolute Gasteiger partial charge is 0.397 e. The fourth-order valence-electron chi connectivity index (χ4n) is 2.67. The van der Waals surface area contributed by atoms with Gasteiger partial charge in [-0.3, -0.25) is 0 Å². The topological polar surface area (TPSA) is 38.0 Å². The van der Waals surface area contributed by atoms with Crippen LogP contribution in [-0.2, 0) is 0 Å². The molecule has 100 valence electrons. The molecule has 3 N–H and O–H groups in total. The minimum Gasteiger partial charge on any atom is -0.397 e. The van der Waals surface area contributed by atoms with Gasteiger partial charge in [-0.2, -0.15) is 0 Å². The summed E-state index contributed by atoms with van der Waals surface area (Å²) in [7, 11) is 0. The Bertz CT molecular complexity index is 436. The van der Waals surface area contributed by atoms with Crippen molar-refractivity contribution in [1.29, 1.82) is 0 Å². The molecule has 1 aromatic carbocycles. The predicted octanol–water partition coefficient (Wildman–Crippen LogP) is 4.30. The normalized spacial score (nSPS) is 28.1. The highest BCUT2D eigenvalue weighted by Gasteiger charge is 2.27. The van der Waals surface area contributed by atoms with Crippen molar-refractivity contribution in [2.45, 2.75) is 39.2 Å². The number of rotatable bonds is 2. The Labute approximate surface area is 113 Å². The summed E-state index contributed by atoms with van der Waals surface area (Å²) < 4.78 is 13.5. The maximum Gasteiger partial charge on any atom is 0.143 e. The maximum atomic E-state index is 13.5. The molecule has 0 heterocycles. The second-order valence-electron chi connectivity index (χ2n) is 5.37. The van der Waals surface area contributed by atoms with E-state index in [-0.39, 0.29) is 5.02 Å². The number of benzene rings is 1. The van der Waals surface area contributed by atoms with E-state index in [2.05, 4.69) is 19.2 Å². The van der Waals surface area contributed by atoms with Crippen LogP contribution in [0.4, 0.5) is 15.8 Å². The van der Waals surface area contributed by atoms with Crippen molar-refractivity contribution in [2.75, 3.05) is 11.1 Å². The summed E-state index contributed by atoms with van der Waals surface area (Å²) in [5, 5.41) is 3.45. The SMILES string of the molecule is CC1CCCC(Nc2cc(F)c(Cl)cc2N)C1C. The number of nitrogen functional groups attached to an aromatic ring is 1. The molecule has 0 aliphatic heterocycles. The van der Waals surface area contributed by atoms with Crippen LogP contribution >= 0.6 is 11.6 Å². The molecule has 0 bridgehead atoms. The van der Waals surface area contributed by atoms with E-state index in [0.717, 1.165) is 6.42 Å². The summed E-state index contributed by atoms with van der Waals surface area (Å²) in [5.41, 5.74) is 7.04. The van der Waals surface area contributed by atoms with Crippen LogP contribution in [0.25, 0.3) is 0 Å². The molecule has 0 amide bonds. The summed E-state index contributed by atoms with van der Waals surface area (Å²) in [4.78, 5) is 0. The first-order valence-corrected chi connectivity index (χ1v) is 6.88. The van der Waals surface area contributed by atoms with Crippen LogP contribution in [0.5, 0.6) is 0 Å². The van der Waals surface area contributed by atoms with Gasteiger partial charge in [-0.25, -0.2) is 4.39 Å². The first-order chi connectivity index (χ1) is 8.49. The zero-order chi connectivity index (χ0) is 13.3. The number of hydrogen-bond donors (Lipinski definition) is 2. The fraction of sp³-hybridized carbons (Fsp3) is 0.571. The molecule has 18 heavy (non-hydrogen) atoms. The van der Waals surface area contributed by atoms with E-state index in [4.69, 9.17) is 17.3 Å². The van der Waals surface area contributed by atoms with Gasteiger partial charge in [-0.1, -0.05) is 38.3 Å². The Kier molecular flexibility index (Phi) is 4.00. The third-order valence-corrected chi connectivity index (χ3v) is 4.43. The Morgan fingerprint density at radius 3 is 2.78 bits per heavy atom. The van der Waals surface area contributed by atoms with E-state index in [9.17, 15) is 4.39 Å². The van der Waals surface area contributed by atoms with Gasteiger partial charge in [0, 0.05) is 12.1 Å². The van der Waals surface area contributed by atoms with Crippen LogP contribution in [0.2, 0.25) is 5.02 Å². The van der Waals surface area contributed by atoms with Gasteiger partial charge in [0.2, 0.25) is 0 Å². The molecule has 1 aliphatic carbocycles. The summed E-state index contributed by atoms with van der Waals surface area (Å²) in [6, 6.07) is 3.22. The van der Waals surface area contributed by atoms with Crippen molar-refractivity contribution in [3.63, 3.8) is 0 Å². The highest BCUT2D eigenvalue weighted by molar-refractivity contribution is 6.31. The highest BCUT2D eigenvalue weighted by Crippen LogP contribution is 2.34. The van der Waals surface area contributed by atoms with E-state index in [1.54, 1.807) is 0 Å². The minimum atomic E-state index is -0.426. The lowest BCUT2D eigenvalue weighted by Crippen LogP contribution is -2.35. The van der Waals surface area contributed by atoms with Gasteiger partial charge in [0.05, 0.1) is 16.4 Å². The van der Waals surface area contributed by atoms with Crippen molar-refractivity contribution in [2.24, 2.45) is 11.8 Å². The fourth-order valence-corrected chi connectivity index (χ4v) is 2.84. The first-order valence-electron chi connectivity index (χ1n) is 6.50. The molecule has 3 atom stereocenters. The van der Waals surface area contributed by atoms with Crippen LogP contribution in [0.1, 0.15) is 33.1 Å². The predicted molar refractivity (Wildman–Crippen MR) is 75.4 cm³/mol. The van der Waals surface area contributed by atoms with Gasteiger partial charge in [0.25, 0.3) is 0 Å². The van der Waals surface area contributed by atoms with Gasteiger partial charge in [0.1, 0.15) is 5.82 Å². The minimum absolute atomic E-state index is 0.0723. The van der Waals surface area contributed by atoms with Crippen LogP contribution < -0.4 is 11.1 Å². The second kappa shape index (κ2) is 5.35. The second-order valence-corrected chi connectivity index (χ2v) is 5.78. The van der Waals surface area contributed by atoms with Crippen molar-refractivity contribution in [3.05, 3.63) is 23.0 Å². The average molecular weight is 271 g/mol. The smallest absolute Gasteiger partial charge is 0.143 e. The molecule has 3 unspecified atom stereocenters. The van der Waals surface area contributed by atoms with Crippen LogP contribution in [0.15, 0.2) is 12.1 Å². The van der Waals surface area contributed by atoms with E-state index in [1.165, 1.54) is 25.0 Å². The third kappa shape index (κ3) is 2.72. The molecule has 1 fully saturated rings. The summed E-state index contributed by atoms with van der Waals surface area (Å²) in [6.07, 6.45) is 3.58. The van der Waals surface area contributed by atoms with Gasteiger partial charge in [-0.15, -0.1) is 0 Å². The van der Waals surface area contributed by atoms with Gasteiger partial charge >= 0.3 is 0 Å². The Morgan fingerprint density at radius 1 is 1.33 bits per heavy atom. The van der Waals surface area contributed by atoms with E-state index in [1.807, 2.05) is 0 Å². The Hall–Kier alpha value is -0.960. The average Bonchev–Trinajstić information content (AvgIpc) is 2.32. The van der Waals surface area contributed by atoms with Crippen LogP contribution in [0, 0.1) is 17.7 Å². The van der Waals surface area contributed by atoms with Crippen molar-refractivity contribution >= 4 is 23.0 Å². The number of nitrogens with two attached hydrogens (primary N) is 1. The molecule has 1 saturated carbocycles. The van der Waals surface area contributed by atoms with E-state index in [0.29, 0.717) is 29.3 Å². The van der Waals surface area contributed by atoms with Crippen LogP contribution in [0.3, 0.4) is 0 Å². The van der Waals surface area contributed by atoms with Gasteiger partial charge in [0.15, 0.2) is 0 Å². The standard InChI is InChI=1S/C14H20ClFN2/c1-8-4-3-5-13(9(8)2)18-14-7-11(16)10(15)6-12(14)17/h6-9,13,18H,3-5,17H2,1-2H3. The van der Waals surface area contributed by atoms with E-state index >= 15 is 0 Å². The summed E-state index contributed by atoms with van der Waals surface area (Å²) in [6.45, 7) is 4.51. The zero-order valence-electron chi connectivity index (χ0n) is 10.8. The quantitative estimate of drug-likeness (QED) is 0.787. The number of nitrogens with one attached hydrogen (secondary N) is 1. The molecule has 0 spiro atoms. The summed E-state index contributed by atoms with van der Waals surface area (Å²) >= 11 is 5.70. The number of anilines is 2. The number of hydrogen-bond acceptors (Lipinski definition) is 2. The molecule has 2 rings (SSSR count). The summed E-state index contributed by atoms with van der Waals surface area (Å²) in [5.74, 6) is 0.830. The monoisotopic (exact) mass is 270 g/mol. The maximum absolute atomic E-state index is 13.5. The Morgan fingerprint density at radius 2 is 2.06 bits per heavy atom. The van der Waals surface area contributed by atoms with Crippen molar-refractivity contribution in [1.82, 2.24) is 0 Å². The van der Waals surface area contributed by atoms with Crippen LogP contribution in [-0.4, -0.2) is 6.04 Å². The molecule has 1 aliphatic rings. The van der Waals surface area contributed by atoms with Crippen molar-refractivity contribution < 1.29 is 4.39 Å². The lowest BCUT2D eigenvalue weighted by Gasteiger charge is -2.35. The lowest BCUT2D eigenvalue weighted by molar-refractivity contribution is 0.253. The Balaban J connectivity index is 2.16. The third-order valence-electron chi connectivity index (χ3n) is 4.14. The number of halogens is 2. The molecule has 0 saturated heterocycles. The molecule has 0 radical (unpaired) electrons. The van der Waals surface area contributed by atoms with Crippen molar-refractivity contribution in [3.8, 4) is 0 Å². The molecule has 4 heteroatoms. The first kappa shape index (κ1) is 13.5. The molecule has 2 nitrogen and oxygen atoms in total. The molecular weight excluding hydrogens is 251 g/mol. The van der Waals surface area contributed by atoms with E-state index < -0.39 is 5.82 Å². The lowest BCUT2D eigenvalue weighted by atomic mass is 9.78. The molecule has 0 aromatic heterocycles. The van der Waals surface area contributed by atoms with Gasteiger partial charge in [-0.05, 0) is 24.3 Å².